The molecule has 10 heteroatoms. The van der Waals surface area contributed by atoms with Crippen molar-refractivity contribution in [3.05, 3.63) is 29.3 Å². The summed E-state index contributed by atoms with van der Waals surface area (Å²) in [7, 11) is 3.70. The van der Waals surface area contributed by atoms with Gasteiger partial charge in [0.05, 0.1) is 0 Å². The summed E-state index contributed by atoms with van der Waals surface area (Å²) in [5.41, 5.74) is 1.79. The molecular formula is C24H35N5O5. The number of piperidine rings is 1. The molecule has 2 heterocycles. The Labute approximate surface area is 200 Å². The number of nitrogens with zero attached hydrogens (tertiary/aromatic N) is 3. The van der Waals surface area contributed by atoms with E-state index in [0.717, 1.165) is 17.8 Å². The van der Waals surface area contributed by atoms with Crippen LogP contribution in [0.5, 0.6) is 0 Å². The van der Waals surface area contributed by atoms with E-state index in [9.17, 15) is 19.2 Å². The lowest BCUT2D eigenvalue weighted by atomic mass is 10.0. The van der Waals surface area contributed by atoms with E-state index in [-0.39, 0.29) is 24.3 Å². The Bertz CT molecular complexity index is 958. The topological polar surface area (TPSA) is 111 Å². The van der Waals surface area contributed by atoms with Crippen molar-refractivity contribution in [2.24, 2.45) is 0 Å². The number of carbonyl (C=O) groups excluding carboxylic acids is 4. The molecule has 4 amide bonds. The highest BCUT2D eigenvalue weighted by Gasteiger charge is 2.39. The van der Waals surface area contributed by atoms with Crippen molar-refractivity contribution in [2.75, 3.05) is 45.6 Å². The molecule has 1 aromatic carbocycles. The van der Waals surface area contributed by atoms with Crippen LogP contribution in [0, 0.1) is 0 Å². The van der Waals surface area contributed by atoms with E-state index >= 15 is 0 Å². The van der Waals surface area contributed by atoms with Gasteiger partial charge in [-0.15, -0.1) is 0 Å². The Balaban J connectivity index is 1.50. The molecule has 0 saturated carbocycles. The minimum atomic E-state index is -0.626. The van der Waals surface area contributed by atoms with Crippen LogP contribution in [0.15, 0.2) is 18.2 Å². The maximum absolute atomic E-state index is 12.9. The van der Waals surface area contributed by atoms with Crippen molar-refractivity contribution >= 4 is 29.5 Å². The third-order valence-electron chi connectivity index (χ3n) is 5.91. The van der Waals surface area contributed by atoms with E-state index in [1.807, 2.05) is 40.0 Å². The molecule has 2 N–H and O–H groups in total. The molecule has 2 aliphatic heterocycles. The van der Waals surface area contributed by atoms with Gasteiger partial charge in [0.2, 0.25) is 11.8 Å². The second-order valence-electron chi connectivity index (χ2n) is 9.86. The molecule has 1 saturated heterocycles. The highest BCUT2D eigenvalue weighted by Crippen LogP contribution is 2.32. The Morgan fingerprint density at radius 3 is 2.59 bits per heavy atom. The average Bonchev–Trinajstić information content (AvgIpc) is 3.08. The van der Waals surface area contributed by atoms with Crippen molar-refractivity contribution < 1.29 is 23.9 Å². The normalized spacial score (nSPS) is 18.1. The minimum Gasteiger partial charge on any atom is -0.444 e. The maximum Gasteiger partial charge on any atom is 0.410 e. The van der Waals surface area contributed by atoms with Gasteiger partial charge in [-0.2, -0.15) is 0 Å². The van der Waals surface area contributed by atoms with Gasteiger partial charge in [0.1, 0.15) is 11.6 Å². The number of amides is 4. The number of likely N-dealkylation sites (N-methyl/N-ethyl adjacent to an activating group) is 2. The zero-order valence-electron chi connectivity index (χ0n) is 20.6. The summed E-state index contributed by atoms with van der Waals surface area (Å²) in [6.45, 7) is 8.47. The zero-order chi connectivity index (χ0) is 25.0. The van der Waals surface area contributed by atoms with Gasteiger partial charge in [-0.3, -0.25) is 19.7 Å². The number of fused-ring (bicyclic) bond motifs is 1. The van der Waals surface area contributed by atoms with Crippen molar-refractivity contribution in [1.82, 2.24) is 20.0 Å². The van der Waals surface area contributed by atoms with Crippen LogP contribution in [0.4, 0.5) is 10.5 Å². The maximum atomic E-state index is 12.9. The van der Waals surface area contributed by atoms with E-state index in [0.29, 0.717) is 38.2 Å². The lowest BCUT2D eigenvalue weighted by Gasteiger charge is -2.29. The van der Waals surface area contributed by atoms with Gasteiger partial charge in [0.15, 0.2) is 0 Å². The van der Waals surface area contributed by atoms with Gasteiger partial charge in [-0.1, -0.05) is 6.07 Å². The summed E-state index contributed by atoms with van der Waals surface area (Å²) in [5, 5.41) is 5.73. The molecule has 3 rings (SSSR count). The second kappa shape index (κ2) is 10.4. The highest BCUT2D eigenvalue weighted by atomic mass is 16.6. The number of carbonyl (C=O) groups is 4. The van der Waals surface area contributed by atoms with E-state index in [2.05, 4.69) is 15.5 Å². The fourth-order valence-electron chi connectivity index (χ4n) is 4.00. The number of anilines is 1. The van der Waals surface area contributed by atoms with Gasteiger partial charge >= 0.3 is 6.09 Å². The molecule has 0 spiro atoms. The molecule has 1 aromatic rings. The fourth-order valence-corrected chi connectivity index (χ4v) is 4.00. The highest BCUT2D eigenvalue weighted by molar-refractivity contribution is 6.06. The van der Waals surface area contributed by atoms with Crippen LogP contribution < -0.4 is 10.6 Å². The molecule has 0 aromatic heterocycles. The summed E-state index contributed by atoms with van der Waals surface area (Å²) in [5.74, 6) is -0.894. The molecule has 0 radical (unpaired) electrons. The van der Waals surface area contributed by atoms with Crippen molar-refractivity contribution in [3.8, 4) is 0 Å². The van der Waals surface area contributed by atoms with Crippen LogP contribution >= 0.6 is 0 Å². The van der Waals surface area contributed by atoms with Gasteiger partial charge in [-0.25, -0.2) is 4.79 Å². The smallest absolute Gasteiger partial charge is 0.410 e. The van der Waals surface area contributed by atoms with Crippen LogP contribution in [0.1, 0.15) is 49.5 Å². The number of rotatable bonds is 8. The SMILES string of the molecule is CN(CCNc1cccc2c1CN(C1CCC(=O)NC1=O)C2=O)CCN(C)C(=O)OC(C)(C)C. The lowest BCUT2D eigenvalue weighted by molar-refractivity contribution is -0.136. The Morgan fingerprint density at radius 2 is 1.91 bits per heavy atom. The van der Waals surface area contributed by atoms with Crippen LogP contribution in [0.3, 0.4) is 0 Å². The molecule has 1 atom stereocenters. The first kappa shape index (κ1) is 25.5. The summed E-state index contributed by atoms with van der Waals surface area (Å²) in [6, 6.07) is 4.90. The quantitative estimate of drug-likeness (QED) is 0.553. The van der Waals surface area contributed by atoms with Crippen LogP contribution in [-0.2, 0) is 20.9 Å². The monoisotopic (exact) mass is 473 g/mol. The average molecular weight is 474 g/mol. The van der Waals surface area contributed by atoms with Gasteiger partial charge in [0, 0.05) is 63.0 Å². The summed E-state index contributed by atoms with van der Waals surface area (Å²) >= 11 is 0. The summed E-state index contributed by atoms with van der Waals surface area (Å²) in [4.78, 5) is 54.0. The van der Waals surface area contributed by atoms with Gasteiger partial charge in [-0.05, 0) is 46.4 Å². The van der Waals surface area contributed by atoms with Crippen molar-refractivity contribution in [3.63, 3.8) is 0 Å². The number of benzene rings is 1. The molecule has 186 valence electrons. The molecule has 1 fully saturated rings. The minimum absolute atomic E-state index is 0.185. The van der Waals surface area contributed by atoms with Crippen LogP contribution in [0.2, 0.25) is 0 Å². The fraction of sp³-hybridized carbons (Fsp3) is 0.583. The van der Waals surface area contributed by atoms with Crippen LogP contribution in [-0.4, -0.2) is 90.4 Å². The molecular weight excluding hydrogens is 438 g/mol. The number of hydrogen-bond acceptors (Lipinski definition) is 7. The Kier molecular flexibility index (Phi) is 7.81. The molecule has 0 aliphatic carbocycles. The Morgan fingerprint density at radius 1 is 1.18 bits per heavy atom. The standard InChI is InChI=1S/C24H35N5O5/c1-24(2,3)34-23(33)28(5)14-13-27(4)12-11-25-18-8-6-7-16-17(18)15-29(22(16)32)19-9-10-20(30)26-21(19)31/h6-8,19,25H,9-15H2,1-5H3,(H,26,30,31). The molecule has 0 bridgehead atoms. The van der Waals surface area contributed by atoms with Crippen LogP contribution in [0.25, 0.3) is 0 Å². The van der Waals surface area contributed by atoms with Crippen molar-refractivity contribution in [1.29, 1.82) is 0 Å². The summed E-state index contributed by atoms with van der Waals surface area (Å²) in [6.07, 6.45) is 0.233. The molecule has 2 aliphatic rings. The molecule has 1 unspecified atom stereocenters. The second-order valence-corrected chi connectivity index (χ2v) is 9.86. The number of imide groups is 1. The van der Waals surface area contributed by atoms with Gasteiger partial charge < -0.3 is 24.8 Å². The first-order valence-electron chi connectivity index (χ1n) is 11.6. The van der Waals surface area contributed by atoms with E-state index < -0.39 is 17.6 Å². The predicted octanol–water partition coefficient (Wildman–Crippen LogP) is 1.66. The zero-order valence-corrected chi connectivity index (χ0v) is 20.6. The molecule has 10 nitrogen and oxygen atoms in total. The van der Waals surface area contributed by atoms with Gasteiger partial charge in [0.25, 0.3) is 5.91 Å². The third kappa shape index (κ3) is 6.25. The number of hydrogen-bond donors (Lipinski definition) is 2. The number of ether oxygens (including phenoxy) is 1. The first-order chi connectivity index (χ1) is 16.0. The number of nitrogens with one attached hydrogen (secondary N) is 2. The predicted molar refractivity (Wildman–Crippen MR) is 127 cm³/mol. The first-order valence-corrected chi connectivity index (χ1v) is 11.6. The Hall–Kier alpha value is -3.14. The third-order valence-corrected chi connectivity index (χ3v) is 5.91. The van der Waals surface area contributed by atoms with E-state index in [1.54, 1.807) is 22.9 Å². The van der Waals surface area contributed by atoms with E-state index in [4.69, 9.17) is 4.74 Å². The van der Waals surface area contributed by atoms with Crippen molar-refractivity contribution in [2.45, 2.75) is 51.8 Å². The summed E-state index contributed by atoms with van der Waals surface area (Å²) < 4.78 is 5.37. The molecule has 34 heavy (non-hydrogen) atoms. The van der Waals surface area contributed by atoms with E-state index in [1.165, 1.54) is 0 Å². The lowest BCUT2D eigenvalue weighted by Crippen LogP contribution is -2.52. The largest absolute Gasteiger partial charge is 0.444 e.